The molecule has 3 rings (SSSR count). The van der Waals surface area contributed by atoms with Crippen LogP contribution in [0.1, 0.15) is 30.1 Å². The van der Waals surface area contributed by atoms with E-state index >= 15 is 0 Å². The van der Waals surface area contributed by atoms with E-state index in [1.165, 1.54) is 18.2 Å². The van der Waals surface area contributed by atoms with Gasteiger partial charge in [0, 0.05) is 48.8 Å². The Morgan fingerprint density at radius 2 is 1.85 bits per heavy atom. The van der Waals surface area contributed by atoms with Gasteiger partial charge in [-0.1, -0.05) is 25.1 Å². The summed E-state index contributed by atoms with van der Waals surface area (Å²) in [6.07, 6.45) is 0.335. The number of carbonyl (C=O) groups excluding carboxylic acids is 1. The molecule has 0 spiro atoms. The Labute approximate surface area is 191 Å². The second kappa shape index (κ2) is 10.6. The molecule has 1 aromatic heterocycles. The molecule has 174 valence electrons. The van der Waals surface area contributed by atoms with E-state index in [-0.39, 0.29) is 23.1 Å². The number of ether oxygens (including phenoxy) is 2. The van der Waals surface area contributed by atoms with Crippen molar-refractivity contribution in [3.63, 3.8) is 0 Å². The summed E-state index contributed by atoms with van der Waals surface area (Å²) in [4.78, 5) is 29.7. The van der Waals surface area contributed by atoms with Gasteiger partial charge in [-0.05, 0) is 24.1 Å². The lowest BCUT2D eigenvalue weighted by Gasteiger charge is -2.24. The summed E-state index contributed by atoms with van der Waals surface area (Å²) in [5.41, 5.74) is 0.813. The summed E-state index contributed by atoms with van der Waals surface area (Å²) < 4.78 is 15.9. The van der Waals surface area contributed by atoms with Crippen molar-refractivity contribution in [1.82, 2.24) is 15.0 Å². The van der Waals surface area contributed by atoms with Crippen molar-refractivity contribution in [2.45, 2.75) is 20.3 Å². The van der Waals surface area contributed by atoms with Gasteiger partial charge < -0.3 is 18.9 Å². The van der Waals surface area contributed by atoms with Gasteiger partial charge in [0.1, 0.15) is 11.5 Å². The van der Waals surface area contributed by atoms with Gasteiger partial charge >= 0.3 is 0 Å². The highest BCUT2D eigenvalue weighted by Crippen LogP contribution is 2.28. The first-order valence-electron chi connectivity index (χ1n) is 10.4. The van der Waals surface area contributed by atoms with Gasteiger partial charge in [-0.2, -0.15) is 4.98 Å². The van der Waals surface area contributed by atoms with E-state index in [4.69, 9.17) is 14.0 Å². The standard InChI is InChI=1S/C23H26N4O6/c1-15(2)14-26(23(28)16-6-5-7-18(10-16)27(29)30)9-8-21-24-22(25-33-21)17-11-19(31-3)13-20(12-17)32-4/h5-7,10-13,15H,8-9,14H2,1-4H3. The number of nitrogens with zero attached hydrogens (tertiary/aromatic N) is 4. The number of rotatable bonds is 10. The minimum Gasteiger partial charge on any atom is -0.497 e. The lowest BCUT2D eigenvalue weighted by Crippen LogP contribution is -2.36. The topological polar surface area (TPSA) is 121 Å². The van der Waals surface area contributed by atoms with Crippen molar-refractivity contribution in [1.29, 1.82) is 0 Å². The first kappa shape index (κ1) is 23.7. The molecule has 2 aromatic carbocycles. The molecule has 0 fully saturated rings. The van der Waals surface area contributed by atoms with E-state index in [9.17, 15) is 14.9 Å². The largest absolute Gasteiger partial charge is 0.497 e. The highest BCUT2D eigenvalue weighted by Gasteiger charge is 2.20. The summed E-state index contributed by atoms with van der Waals surface area (Å²) in [6.45, 7) is 4.79. The second-order valence-electron chi connectivity index (χ2n) is 7.82. The van der Waals surface area contributed by atoms with E-state index in [1.807, 2.05) is 13.8 Å². The monoisotopic (exact) mass is 454 g/mol. The van der Waals surface area contributed by atoms with Crippen LogP contribution in [-0.4, -0.2) is 53.2 Å². The Kier molecular flexibility index (Phi) is 7.60. The van der Waals surface area contributed by atoms with Crippen LogP contribution in [0, 0.1) is 16.0 Å². The number of hydrogen-bond acceptors (Lipinski definition) is 8. The molecule has 0 saturated heterocycles. The number of aromatic nitrogens is 2. The fourth-order valence-corrected chi connectivity index (χ4v) is 3.29. The fourth-order valence-electron chi connectivity index (χ4n) is 3.29. The van der Waals surface area contributed by atoms with Gasteiger partial charge in [0.25, 0.3) is 11.6 Å². The highest BCUT2D eigenvalue weighted by molar-refractivity contribution is 5.94. The zero-order valence-corrected chi connectivity index (χ0v) is 19.0. The molecule has 0 atom stereocenters. The molecule has 10 nitrogen and oxygen atoms in total. The molecule has 10 heteroatoms. The minimum absolute atomic E-state index is 0.124. The van der Waals surface area contributed by atoms with Crippen LogP contribution in [0.3, 0.4) is 0 Å². The van der Waals surface area contributed by atoms with E-state index < -0.39 is 4.92 Å². The molecule has 0 saturated carbocycles. The van der Waals surface area contributed by atoms with Crippen LogP contribution < -0.4 is 9.47 Å². The molecule has 0 radical (unpaired) electrons. The molecule has 33 heavy (non-hydrogen) atoms. The van der Waals surface area contributed by atoms with Crippen molar-refractivity contribution in [2.24, 2.45) is 5.92 Å². The van der Waals surface area contributed by atoms with Crippen LogP contribution in [0.2, 0.25) is 0 Å². The van der Waals surface area contributed by atoms with Gasteiger partial charge in [0.2, 0.25) is 11.7 Å². The van der Waals surface area contributed by atoms with Gasteiger partial charge in [-0.25, -0.2) is 0 Å². The maximum absolute atomic E-state index is 13.1. The second-order valence-corrected chi connectivity index (χ2v) is 7.82. The molecule has 0 bridgehead atoms. The summed E-state index contributed by atoms with van der Waals surface area (Å²) in [5, 5.41) is 15.1. The third-order valence-corrected chi connectivity index (χ3v) is 4.85. The lowest BCUT2D eigenvalue weighted by atomic mass is 10.1. The molecule has 1 amide bonds. The number of benzene rings is 2. The quantitative estimate of drug-likeness (QED) is 0.333. The number of carbonyl (C=O) groups is 1. The third kappa shape index (κ3) is 6.06. The van der Waals surface area contributed by atoms with Crippen molar-refractivity contribution >= 4 is 11.6 Å². The van der Waals surface area contributed by atoms with Crippen molar-refractivity contribution in [2.75, 3.05) is 27.3 Å². The van der Waals surface area contributed by atoms with Gasteiger partial charge in [0.05, 0.1) is 19.1 Å². The highest BCUT2D eigenvalue weighted by atomic mass is 16.6. The molecular weight excluding hydrogens is 428 g/mol. The van der Waals surface area contributed by atoms with Crippen molar-refractivity contribution < 1.29 is 23.7 Å². The minimum atomic E-state index is -0.517. The first-order valence-corrected chi connectivity index (χ1v) is 10.4. The maximum Gasteiger partial charge on any atom is 0.270 e. The van der Waals surface area contributed by atoms with Crippen molar-refractivity contribution in [3.8, 4) is 22.9 Å². The SMILES string of the molecule is COc1cc(OC)cc(-c2noc(CCN(CC(C)C)C(=O)c3cccc([N+](=O)[O-])c3)n2)c1. The number of methoxy groups -OCH3 is 2. The number of nitro groups is 1. The van der Waals surface area contributed by atoms with E-state index in [1.54, 1.807) is 43.4 Å². The number of nitro benzene ring substituents is 1. The smallest absolute Gasteiger partial charge is 0.270 e. The normalized spacial score (nSPS) is 10.8. The van der Waals surface area contributed by atoms with Crippen LogP contribution in [0.25, 0.3) is 11.4 Å². The van der Waals surface area contributed by atoms with Gasteiger partial charge in [0.15, 0.2) is 0 Å². The average molecular weight is 454 g/mol. The third-order valence-electron chi connectivity index (χ3n) is 4.85. The molecule has 0 aliphatic heterocycles. The fraction of sp³-hybridized carbons (Fsp3) is 0.348. The van der Waals surface area contributed by atoms with Crippen LogP contribution >= 0.6 is 0 Å². The predicted octanol–water partition coefficient (Wildman–Crippen LogP) is 4.00. The Morgan fingerprint density at radius 1 is 1.15 bits per heavy atom. The summed E-state index contributed by atoms with van der Waals surface area (Å²) in [7, 11) is 3.11. The summed E-state index contributed by atoms with van der Waals surface area (Å²) >= 11 is 0. The van der Waals surface area contributed by atoms with Crippen LogP contribution in [0.5, 0.6) is 11.5 Å². The summed E-state index contributed by atoms with van der Waals surface area (Å²) in [6, 6.07) is 11.0. The zero-order chi connectivity index (χ0) is 24.0. The van der Waals surface area contributed by atoms with Gasteiger partial charge in [-0.15, -0.1) is 0 Å². The van der Waals surface area contributed by atoms with Crippen LogP contribution in [-0.2, 0) is 6.42 Å². The molecule has 0 aliphatic carbocycles. The molecule has 0 N–H and O–H groups in total. The predicted molar refractivity (Wildman–Crippen MR) is 120 cm³/mol. The maximum atomic E-state index is 13.1. The zero-order valence-electron chi connectivity index (χ0n) is 19.0. The lowest BCUT2D eigenvalue weighted by molar-refractivity contribution is -0.384. The number of amides is 1. The van der Waals surface area contributed by atoms with E-state index in [2.05, 4.69) is 10.1 Å². The van der Waals surface area contributed by atoms with Crippen molar-refractivity contribution in [3.05, 3.63) is 64.0 Å². The van der Waals surface area contributed by atoms with E-state index in [0.29, 0.717) is 48.3 Å². The molecule has 3 aromatic rings. The average Bonchev–Trinajstić information content (AvgIpc) is 3.29. The van der Waals surface area contributed by atoms with Crippen LogP contribution in [0.4, 0.5) is 5.69 Å². The summed E-state index contributed by atoms with van der Waals surface area (Å²) in [5.74, 6) is 1.86. The Bertz CT molecular complexity index is 1110. The Morgan fingerprint density at radius 3 is 2.45 bits per heavy atom. The molecule has 0 aliphatic rings. The Balaban J connectivity index is 1.76. The molecule has 0 unspecified atom stereocenters. The molecular formula is C23H26N4O6. The molecule has 1 heterocycles. The Hall–Kier alpha value is -3.95. The van der Waals surface area contributed by atoms with Gasteiger partial charge in [-0.3, -0.25) is 14.9 Å². The first-order chi connectivity index (χ1) is 15.8. The van der Waals surface area contributed by atoms with E-state index in [0.717, 1.165) is 0 Å². The number of hydrogen-bond donors (Lipinski definition) is 0. The van der Waals surface area contributed by atoms with Crippen LogP contribution in [0.15, 0.2) is 47.0 Å². The number of non-ortho nitro benzene ring substituents is 1.